The van der Waals surface area contributed by atoms with E-state index in [2.05, 4.69) is 15.4 Å². The zero-order valence-electron chi connectivity index (χ0n) is 23.8. The van der Waals surface area contributed by atoms with Crippen molar-refractivity contribution in [2.24, 2.45) is 0 Å². The molecule has 0 saturated heterocycles. The summed E-state index contributed by atoms with van der Waals surface area (Å²) < 4.78 is 83.4. The highest BCUT2D eigenvalue weighted by Gasteiger charge is 2.33. The Labute approximate surface area is 249 Å². The van der Waals surface area contributed by atoms with Gasteiger partial charge in [0, 0.05) is 24.1 Å². The Bertz CT molecular complexity index is 1420. The molecule has 0 bridgehead atoms. The van der Waals surface area contributed by atoms with E-state index in [1.165, 1.54) is 24.3 Å². The lowest BCUT2D eigenvalue weighted by Crippen LogP contribution is -2.46. The molecule has 0 fully saturated rings. The Hall–Kier alpha value is -4.55. The second-order valence-corrected chi connectivity index (χ2v) is 10.2. The molecule has 1 atom stereocenters. The number of halogens is 6. The predicted octanol–water partition coefficient (Wildman–Crippen LogP) is 7.25. The van der Waals surface area contributed by atoms with Crippen molar-refractivity contribution in [3.8, 4) is 11.5 Å². The van der Waals surface area contributed by atoms with Gasteiger partial charge in [0.25, 0.3) is 0 Å². The van der Waals surface area contributed by atoms with Crippen LogP contribution in [0.4, 0.5) is 32.0 Å². The van der Waals surface area contributed by atoms with E-state index in [1.807, 2.05) is 6.92 Å². The molecular weight excluding hydrogens is 594 g/mol. The lowest BCUT2D eigenvalue weighted by atomic mass is 9.85. The lowest BCUT2D eigenvalue weighted by Gasteiger charge is -2.31. The summed E-state index contributed by atoms with van der Waals surface area (Å²) in [5.41, 5.74) is 0.619. The largest absolute Gasteiger partial charge is 0.573 e. The molecule has 0 aliphatic heterocycles. The van der Waals surface area contributed by atoms with Crippen LogP contribution in [-0.4, -0.2) is 36.7 Å². The van der Waals surface area contributed by atoms with E-state index >= 15 is 0 Å². The minimum atomic E-state index is -4.87. The summed E-state index contributed by atoms with van der Waals surface area (Å²) in [5, 5.41) is 5.14. The van der Waals surface area contributed by atoms with Crippen molar-refractivity contribution in [1.29, 1.82) is 0 Å². The van der Waals surface area contributed by atoms with Gasteiger partial charge in [-0.1, -0.05) is 42.0 Å². The molecule has 2 N–H and O–H groups in total. The number of carbonyl (C=O) groups excluding carboxylic acids is 3. The second-order valence-electron chi connectivity index (χ2n) is 10.2. The third kappa shape index (κ3) is 11.3. The quantitative estimate of drug-likeness (QED) is 0.0905. The molecule has 2 amide bonds. The van der Waals surface area contributed by atoms with Gasteiger partial charge in [-0.25, -0.2) is 0 Å². The van der Waals surface area contributed by atoms with Crippen LogP contribution in [0.25, 0.3) is 0 Å². The second kappa shape index (κ2) is 14.3. The average Bonchev–Trinajstić information content (AvgIpc) is 2.91. The van der Waals surface area contributed by atoms with Gasteiger partial charge in [-0.05, 0) is 62.2 Å². The number of rotatable bonds is 13. The van der Waals surface area contributed by atoms with E-state index in [4.69, 9.17) is 4.74 Å². The van der Waals surface area contributed by atoms with Crippen LogP contribution in [0.3, 0.4) is 0 Å². The van der Waals surface area contributed by atoms with E-state index in [0.29, 0.717) is 16.9 Å². The molecule has 0 radical (unpaired) electrons. The van der Waals surface area contributed by atoms with Gasteiger partial charge in [0.1, 0.15) is 17.9 Å². The van der Waals surface area contributed by atoms with Gasteiger partial charge in [-0.15, -0.1) is 13.2 Å². The van der Waals surface area contributed by atoms with Gasteiger partial charge in [0.15, 0.2) is 5.78 Å². The summed E-state index contributed by atoms with van der Waals surface area (Å²) in [5.74, 6) is -2.00. The number of nitrogens with one attached hydrogen (secondary N) is 2. The SMILES string of the molecule is Cc1ccc(C(=O)CC(C)(NC(=O)CC(=O)Nc2ccc(OC(F)(F)F)cc2)c2ccc(OCCCC(F)(F)F)cc2)cc1. The van der Waals surface area contributed by atoms with Crippen LogP contribution in [0.1, 0.15) is 54.1 Å². The van der Waals surface area contributed by atoms with Gasteiger partial charge in [0.05, 0.1) is 12.1 Å². The third-order valence-electron chi connectivity index (χ3n) is 6.36. The van der Waals surface area contributed by atoms with Crippen molar-refractivity contribution < 1.29 is 50.2 Å². The summed E-state index contributed by atoms with van der Waals surface area (Å²) in [7, 11) is 0. The molecule has 0 aliphatic rings. The van der Waals surface area contributed by atoms with Crippen LogP contribution in [0, 0.1) is 6.92 Å². The minimum absolute atomic E-state index is 0.125. The summed E-state index contributed by atoms with van der Waals surface area (Å²) in [4.78, 5) is 38.7. The first kappa shape index (κ1) is 33.9. The normalized spacial score (nSPS) is 13.0. The number of ether oxygens (including phenoxy) is 2. The maximum absolute atomic E-state index is 13.2. The number of hydrogen-bond acceptors (Lipinski definition) is 5. The van der Waals surface area contributed by atoms with E-state index in [-0.39, 0.29) is 30.9 Å². The van der Waals surface area contributed by atoms with Crippen LogP contribution >= 0.6 is 0 Å². The summed E-state index contributed by atoms with van der Waals surface area (Å²) in [6.07, 6.45) is -11.2. The van der Waals surface area contributed by atoms with Crippen LogP contribution in [0.5, 0.6) is 11.5 Å². The number of hydrogen-bond donors (Lipinski definition) is 2. The molecule has 7 nitrogen and oxygen atoms in total. The van der Waals surface area contributed by atoms with Crippen molar-refractivity contribution in [2.45, 2.75) is 57.6 Å². The number of anilines is 1. The molecule has 44 heavy (non-hydrogen) atoms. The lowest BCUT2D eigenvalue weighted by molar-refractivity contribution is -0.274. The zero-order chi connectivity index (χ0) is 32.5. The fourth-order valence-corrected chi connectivity index (χ4v) is 4.21. The van der Waals surface area contributed by atoms with Crippen molar-refractivity contribution in [2.75, 3.05) is 11.9 Å². The number of alkyl halides is 6. The topological polar surface area (TPSA) is 93.7 Å². The highest BCUT2D eigenvalue weighted by Crippen LogP contribution is 2.30. The Morgan fingerprint density at radius 3 is 1.93 bits per heavy atom. The maximum atomic E-state index is 13.2. The number of carbonyl (C=O) groups is 3. The molecule has 3 aromatic carbocycles. The first-order chi connectivity index (χ1) is 20.5. The van der Waals surface area contributed by atoms with Crippen molar-refractivity contribution in [1.82, 2.24) is 5.32 Å². The monoisotopic (exact) mass is 624 g/mol. The van der Waals surface area contributed by atoms with Gasteiger partial charge >= 0.3 is 12.5 Å². The van der Waals surface area contributed by atoms with Crippen LogP contribution < -0.4 is 20.1 Å². The van der Waals surface area contributed by atoms with Gasteiger partial charge in [0.2, 0.25) is 11.8 Å². The molecule has 3 aromatic rings. The fourth-order valence-electron chi connectivity index (χ4n) is 4.21. The standard InChI is InChI=1S/C31H30F6N2O5/c1-20-4-6-21(7-5-20)26(40)19-29(2,22-8-12-24(13-9-22)43-17-3-16-30(32,33)34)39-28(42)18-27(41)38-23-10-14-25(15-11-23)44-31(35,36)37/h4-15H,3,16-19H2,1-2H3,(H,38,41)(H,39,42). The van der Waals surface area contributed by atoms with E-state index < -0.39 is 48.5 Å². The molecule has 0 heterocycles. The molecule has 236 valence electrons. The summed E-state index contributed by atoms with van der Waals surface area (Å²) in [6.45, 7) is 3.29. The van der Waals surface area contributed by atoms with Crippen LogP contribution in [0.2, 0.25) is 0 Å². The Morgan fingerprint density at radius 2 is 1.36 bits per heavy atom. The Kier molecular flexibility index (Phi) is 11.0. The Balaban J connectivity index is 1.71. The number of benzene rings is 3. The number of ketones is 1. The van der Waals surface area contributed by atoms with E-state index in [0.717, 1.165) is 17.7 Å². The van der Waals surface area contributed by atoms with E-state index in [9.17, 15) is 40.7 Å². The number of aryl methyl sites for hydroxylation is 1. The van der Waals surface area contributed by atoms with Crippen molar-refractivity contribution in [3.63, 3.8) is 0 Å². The van der Waals surface area contributed by atoms with Gasteiger partial charge < -0.3 is 20.1 Å². The number of amides is 2. The molecular formula is C31H30F6N2O5. The zero-order valence-corrected chi connectivity index (χ0v) is 23.8. The van der Waals surface area contributed by atoms with E-state index in [1.54, 1.807) is 43.3 Å². The first-order valence-electron chi connectivity index (χ1n) is 13.4. The predicted molar refractivity (Wildman–Crippen MR) is 149 cm³/mol. The summed E-state index contributed by atoms with van der Waals surface area (Å²) >= 11 is 0. The highest BCUT2D eigenvalue weighted by molar-refractivity contribution is 6.04. The van der Waals surface area contributed by atoms with Crippen molar-refractivity contribution in [3.05, 3.63) is 89.5 Å². The first-order valence-corrected chi connectivity index (χ1v) is 13.4. The number of Topliss-reactive ketones (excluding diaryl/α,β-unsaturated/α-hetero) is 1. The fraction of sp³-hybridized carbons (Fsp3) is 0.323. The molecule has 0 spiro atoms. The molecule has 13 heteroatoms. The average molecular weight is 625 g/mol. The molecule has 3 rings (SSSR count). The molecule has 1 unspecified atom stereocenters. The molecule has 0 aliphatic carbocycles. The summed E-state index contributed by atoms with van der Waals surface area (Å²) in [6, 6.07) is 17.3. The Morgan fingerprint density at radius 1 is 0.773 bits per heavy atom. The molecule has 0 saturated carbocycles. The maximum Gasteiger partial charge on any atom is 0.573 e. The minimum Gasteiger partial charge on any atom is -0.494 e. The highest BCUT2D eigenvalue weighted by atomic mass is 19.4. The smallest absolute Gasteiger partial charge is 0.494 e. The van der Waals surface area contributed by atoms with Crippen LogP contribution in [0.15, 0.2) is 72.8 Å². The third-order valence-corrected chi connectivity index (χ3v) is 6.36. The van der Waals surface area contributed by atoms with Gasteiger partial charge in [-0.3, -0.25) is 14.4 Å². The van der Waals surface area contributed by atoms with Crippen molar-refractivity contribution >= 4 is 23.3 Å². The molecule has 0 aromatic heterocycles. The van der Waals surface area contributed by atoms with Crippen LogP contribution in [-0.2, 0) is 15.1 Å². The van der Waals surface area contributed by atoms with Gasteiger partial charge in [-0.2, -0.15) is 13.2 Å².